The van der Waals surface area contributed by atoms with Gasteiger partial charge in [0.1, 0.15) is 19.0 Å². The zero-order valence-electron chi connectivity index (χ0n) is 11.4. The van der Waals surface area contributed by atoms with Crippen molar-refractivity contribution >= 4 is 16.5 Å². The maximum Gasteiger partial charge on any atom is 0.143 e. The Labute approximate surface area is 118 Å². The molecule has 3 nitrogen and oxygen atoms in total. The number of hydrogen-bond donors (Lipinski definition) is 1. The third-order valence-corrected chi connectivity index (χ3v) is 3.63. The topological polar surface area (TPSA) is 24.5 Å². The Morgan fingerprint density at radius 1 is 1.10 bits per heavy atom. The van der Waals surface area contributed by atoms with Gasteiger partial charge < -0.3 is 15.0 Å². The van der Waals surface area contributed by atoms with Crippen LogP contribution < -0.4 is 15.0 Å². The lowest BCUT2D eigenvalue weighted by Gasteiger charge is -2.31. The molecule has 2 aromatic rings. The van der Waals surface area contributed by atoms with Gasteiger partial charge in [0.15, 0.2) is 0 Å². The van der Waals surface area contributed by atoms with E-state index in [4.69, 9.17) is 4.74 Å². The smallest absolute Gasteiger partial charge is 0.143 e. The SMILES string of the molecule is FCCOc1ccc2ccccc2c1N1CCNCC1. The highest BCUT2D eigenvalue weighted by Gasteiger charge is 2.18. The summed E-state index contributed by atoms with van der Waals surface area (Å²) in [5.41, 5.74) is 1.10. The summed E-state index contributed by atoms with van der Waals surface area (Å²) in [7, 11) is 0. The second-order valence-electron chi connectivity index (χ2n) is 4.91. The van der Waals surface area contributed by atoms with E-state index in [1.807, 2.05) is 24.3 Å². The largest absolute Gasteiger partial charge is 0.489 e. The highest BCUT2D eigenvalue weighted by atomic mass is 19.1. The van der Waals surface area contributed by atoms with Gasteiger partial charge in [-0.1, -0.05) is 30.3 Å². The average Bonchev–Trinajstić information content (AvgIpc) is 2.53. The van der Waals surface area contributed by atoms with Crippen molar-refractivity contribution in [2.75, 3.05) is 44.4 Å². The average molecular weight is 274 g/mol. The standard InChI is InChI=1S/C16H19FN2O/c17-7-12-20-15-6-5-13-3-1-2-4-14(13)16(15)19-10-8-18-9-11-19/h1-6,18H,7-12H2. The Morgan fingerprint density at radius 3 is 2.70 bits per heavy atom. The van der Waals surface area contributed by atoms with Crippen LogP contribution in [-0.4, -0.2) is 39.5 Å². The first kappa shape index (κ1) is 13.2. The van der Waals surface area contributed by atoms with Crippen LogP contribution in [0.1, 0.15) is 0 Å². The number of halogens is 1. The van der Waals surface area contributed by atoms with Gasteiger partial charge in [0, 0.05) is 31.6 Å². The van der Waals surface area contributed by atoms with Gasteiger partial charge in [-0.05, 0) is 11.5 Å². The van der Waals surface area contributed by atoms with Crippen LogP contribution in [-0.2, 0) is 0 Å². The number of rotatable bonds is 4. The van der Waals surface area contributed by atoms with Crippen molar-refractivity contribution in [3.63, 3.8) is 0 Å². The first-order chi connectivity index (χ1) is 9.90. The summed E-state index contributed by atoms with van der Waals surface area (Å²) in [5, 5.41) is 5.71. The normalized spacial score (nSPS) is 15.6. The Kier molecular flexibility index (Phi) is 4.02. The zero-order chi connectivity index (χ0) is 13.8. The summed E-state index contributed by atoms with van der Waals surface area (Å²) in [6, 6.07) is 12.3. The molecule has 106 valence electrons. The van der Waals surface area contributed by atoms with E-state index in [1.165, 1.54) is 10.8 Å². The molecule has 1 fully saturated rings. The van der Waals surface area contributed by atoms with Crippen LogP contribution in [0.15, 0.2) is 36.4 Å². The van der Waals surface area contributed by atoms with Crippen LogP contribution in [0.3, 0.4) is 0 Å². The van der Waals surface area contributed by atoms with Crippen LogP contribution in [0, 0.1) is 0 Å². The van der Waals surface area contributed by atoms with E-state index in [-0.39, 0.29) is 6.61 Å². The quantitative estimate of drug-likeness (QED) is 0.927. The van der Waals surface area contributed by atoms with E-state index in [1.54, 1.807) is 0 Å². The lowest BCUT2D eigenvalue weighted by molar-refractivity contribution is 0.273. The fraction of sp³-hybridized carbons (Fsp3) is 0.375. The number of ether oxygens (including phenoxy) is 1. The fourth-order valence-electron chi connectivity index (χ4n) is 2.71. The van der Waals surface area contributed by atoms with E-state index in [2.05, 4.69) is 22.3 Å². The Bertz CT molecular complexity index is 582. The van der Waals surface area contributed by atoms with Gasteiger partial charge in [-0.2, -0.15) is 0 Å². The van der Waals surface area contributed by atoms with Crippen LogP contribution in [0.25, 0.3) is 10.8 Å². The van der Waals surface area contributed by atoms with Crippen LogP contribution in [0.5, 0.6) is 5.75 Å². The highest BCUT2D eigenvalue weighted by Crippen LogP contribution is 2.36. The maximum absolute atomic E-state index is 12.4. The third-order valence-electron chi connectivity index (χ3n) is 3.63. The minimum atomic E-state index is -0.464. The number of benzene rings is 2. The molecule has 0 spiro atoms. The Hall–Kier alpha value is -1.81. The van der Waals surface area contributed by atoms with Gasteiger partial charge >= 0.3 is 0 Å². The molecule has 0 aliphatic carbocycles. The summed E-state index contributed by atoms with van der Waals surface area (Å²) in [5.74, 6) is 0.781. The second-order valence-corrected chi connectivity index (χ2v) is 4.91. The van der Waals surface area contributed by atoms with E-state index in [0.717, 1.165) is 37.6 Å². The van der Waals surface area contributed by atoms with Crippen molar-refractivity contribution in [3.8, 4) is 5.75 Å². The van der Waals surface area contributed by atoms with Gasteiger partial charge in [-0.25, -0.2) is 4.39 Å². The van der Waals surface area contributed by atoms with Crippen molar-refractivity contribution in [1.29, 1.82) is 0 Å². The molecule has 0 atom stereocenters. The molecule has 1 aliphatic heterocycles. The Morgan fingerprint density at radius 2 is 1.90 bits per heavy atom. The molecule has 0 amide bonds. The first-order valence-electron chi connectivity index (χ1n) is 7.06. The monoisotopic (exact) mass is 274 g/mol. The van der Waals surface area contributed by atoms with Gasteiger partial charge in [0.25, 0.3) is 0 Å². The second kappa shape index (κ2) is 6.09. The van der Waals surface area contributed by atoms with Crippen LogP contribution in [0.2, 0.25) is 0 Å². The van der Waals surface area contributed by atoms with Gasteiger partial charge in [0.05, 0.1) is 5.69 Å². The number of fused-ring (bicyclic) bond motifs is 1. The molecule has 1 N–H and O–H groups in total. The molecule has 0 bridgehead atoms. The number of alkyl halides is 1. The van der Waals surface area contributed by atoms with E-state index < -0.39 is 6.67 Å². The molecule has 3 rings (SSSR count). The van der Waals surface area contributed by atoms with E-state index in [9.17, 15) is 4.39 Å². The van der Waals surface area contributed by atoms with Crippen LogP contribution >= 0.6 is 0 Å². The minimum absolute atomic E-state index is 0.109. The van der Waals surface area contributed by atoms with Crippen molar-refractivity contribution in [2.24, 2.45) is 0 Å². The molecule has 0 unspecified atom stereocenters. The lowest BCUT2D eigenvalue weighted by Crippen LogP contribution is -2.43. The molecule has 0 aromatic heterocycles. The molecule has 2 aromatic carbocycles. The number of nitrogens with one attached hydrogen (secondary N) is 1. The Balaban J connectivity index is 2.07. The van der Waals surface area contributed by atoms with Gasteiger partial charge in [-0.15, -0.1) is 0 Å². The van der Waals surface area contributed by atoms with E-state index in [0.29, 0.717) is 0 Å². The summed E-state index contributed by atoms with van der Waals surface area (Å²) >= 11 is 0. The minimum Gasteiger partial charge on any atom is -0.489 e. The molecule has 1 heterocycles. The summed E-state index contributed by atoms with van der Waals surface area (Å²) in [4.78, 5) is 2.33. The van der Waals surface area contributed by atoms with Crippen molar-refractivity contribution < 1.29 is 9.13 Å². The van der Waals surface area contributed by atoms with Gasteiger partial charge in [0.2, 0.25) is 0 Å². The molecular formula is C16H19FN2O. The van der Waals surface area contributed by atoms with Crippen molar-refractivity contribution in [2.45, 2.75) is 0 Å². The lowest BCUT2D eigenvalue weighted by atomic mass is 10.1. The maximum atomic E-state index is 12.4. The first-order valence-corrected chi connectivity index (χ1v) is 7.06. The summed E-state index contributed by atoms with van der Waals surface area (Å²) < 4.78 is 18.0. The molecule has 20 heavy (non-hydrogen) atoms. The van der Waals surface area contributed by atoms with Gasteiger partial charge in [-0.3, -0.25) is 0 Å². The number of anilines is 1. The predicted octanol–water partition coefficient (Wildman–Crippen LogP) is 2.60. The molecule has 4 heteroatoms. The van der Waals surface area contributed by atoms with Crippen molar-refractivity contribution in [1.82, 2.24) is 5.32 Å². The number of piperazine rings is 1. The third kappa shape index (κ3) is 2.56. The molecule has 1 saturated heterocycles. The molecule has 1 aliphatic rings. The summed E-state index contributed by atoms with van der Waals surface area (Å²) in [6.45, 7) is 3.46. The predicted molar refractivity (Wildman–Crippen MR) is 80.5 cm³/mol. The molecule has 0 radical (unpaired) electrons. The fourth-order valence-corrected chi connectivity index (χ4v) is 2.71. The highest BCUT2D eigenvalue weighted by molar-refractivity contribution is 5.97. The van der Waals surface area contributed by atoms with Crippen LogP contribution in [0.4, 0.5) is 10.1 Å². The number of nitrogens with zero attached hydrogens (tertiary/aromatic N) is 1. The number of hydrogen-bond acceptors (Lipinski definition) is 3. The molecule has 0 saturated carbocycles. The van der Waals surface area contributed by atoms with E-state index >= 15 is 0 Å². The summed E-state index contributed by atoms with van der Waals surface area (Å²) in [6.07, 6.45) is 0. The molecular weight excluding hydrogens is 255 g/mol. The van der Waals surface area contributed by atoms with Crippen molar-refractivity contribution in [3.05, 3.63) is 36.4 Å². The zero-order valence-corrected chi connectivity index (χ0v) is 11.4.